The summed E-state index contributed by atoms with van der Waals surface area (Å²) in [5.41, 5.74) is 3.07. The lowest BCUT2D eigenvalue weighted by Crippen LogP contribution is -2.38. The van der Waals surface area contributed by atoms with Crippen molar-refractivity contribution in [2.75, 3.05) is 13.6 Å². The number of benzene rings is 2. The first kappa shape index (κ1) is 18.2. The van der Waals surface area contributed by atoms with Gasteiger partial charge in [0.15, 0.2) is 0 Å². The third kappa shape index (κ3) is 4.66. The third-order valence-electron chi connectivity index (χ3n) is 3.67. The van der Waals surface area contributed by atoms with E-state index < -0.39 is 10.0 Å². The van der Waals surface area contributed by atoms with E-state index in [0.29, 0.717) is 6.54 Å². The first-order valence-corrected chi connectivity index (χ1v) is 9.08. The van der Waals surface area contributed by atoms with Gasteiger partial charge < -0.3 is 5.32 Å². The average Bonchev–Trinajstić information content (AvgIpc) is 2.53. The summed E-state index contributed by atoms with van der Waals surface area (Å²) in [6.45, 7) is 4.02. The lowest BCUT2D eigenvalue weighted by Gasteiger charge is -2.17. The van der Waals surface area contributed by atoms with Crippen LogP contribution in [0.15, 0.2) is 53.4 Å². The van der Waals surface area contributed by atoms with Crippen molar-refractivity contribution >= 4 is 15.9 Å². The summed E-state index contributed by atoms with van der Waals surface area (Å²) in [4.78, 5) is 12.2. The Labute approximate surface area is 143 Å². The van der Waals surface area contributed by atoms with Gasteiger partial charge in [0, 0.05) is 13.6 Å². The summed E-state index contributed by atoms with van der Waals surface area (Å²) < 4.78 is 25.9. The first-order valence-electron chi connectivity index (χ1n) is 7.64. The quantitative estimate of drug-likeness (QED) is 0.872. The van der Waals surface area contributed by atoms with Crippen LogP contribution in [-0.4, -0.2) is 32.2 Å². The van der Waals surface area contributed by atoms with Crippen molar-refractivity contribution in [3.63, 3.8) is 0 Å². The highest BCUT2D eigenvalue weighted by Crippen LogP contribution is 2.14. The molecule has 0 spiro atoms. The molecular formula is C18H22N2O3S. The van der Waals surface area contributed by atoms with E-state index in [1.54, 1.807) is 24.3 Å². The van der Waals surface area contributed by atoms with Gasteiger partial charge in [-0.15, -0.1) is 0 Å². The second-order valence-corrected chi connectivity index (χ2v) is 7.88. The molecule has 0 aliphatic carbocycles. The van der Waals surface area contributed by atoms with Crippen LogP contribution in [0, 0.1) is 13.8 Å². The summed E-state index contributed by atoms with van der Waals surface area (Å²) in [5.74, 6) is -0.338. The number of likely N-dealkylation sites (N-methyl/N-ethyl adjacent to an activating group) is 1. The molecule has 0 saturated heterocycles. The molecule has 0 unspecified atom stereocenters. The van der Waals surface area contributed by atoms with Crippen molar-refractivity contribution in [3.05, 3.63) is 65.2 Å². The molecule has 128 valence electrons. The lowest BCUT2D eigenvalue weighted by atomic mass is 10.1. The summed E-state index contributed by atoms with van der Waals surface area (Å²) in [7, 11) is -2.26. The van der Waals surface area contributed by atoms with Crippen molar-refractivity contribution < 1.29 is 13.2 Å². The molecule has 2 aromatic carbocycles. The van der Waals surface area contributed by atoms with Gasteiger partial charge in [0.25, 0.3) is 0 Å². The molecule has 0 saturated carbocycles. The van der Waals surface area contributed by atoms with Gasteiger partial charge in [-0.2, -0.15) is 4.31 Å². The summed E-state index contributed by atoms with van der Waals surface area (Å²) in [6, 6.07) is 14.4. The maximum Gasteiger partial charge on any atom is 0.243 e. The molecule has 0 aromatic heterocycles. The maximum absolute atomic E-state index is 12.4. The second kappa shape index (κ2) is 7.59. The first-order chi connectivity index (χ1) is 11.3. The van der Waals surface area contributed by atoms with Gasteiger partial charge in [-0.1, -0.05) is 47.5 Å². The van der Waals surface area contributed by atoms with E-state index >= 15 is 0 Å². The van der Waals surface area contributed by atoms with Crippen LogP contribution in [0.2, 0.25) is 0 Å². The van der Waals surface area contributed by atoms with E-state index in [-0.39, 0.29) is 17.3 Å². The zero-order valence-electron chi connectivity index (χ0n) is 14.1. The summed E-state index contributed by atoms with van der Waals surface area (Å²) in [5, 5.41) is 2.74. The number of aryl methyl sites for hydroxylation is 2. The second-order valence-electron chi connectivity index (χ2n) is 5.84. The average molecular weight is 346 g/mol. The Hall–Kier alpha value is -2.18. The van der Waals surface area contributed by atoms with Crippen LogP contribution in [0.1, 0.15) is 16.7 Å². The van der Waals surface area contributed by atoms with E-state index in [1.807, 2.05) is 38.1 Å². The number of nitrogens with one attached hydrogen (secondary N) is 1. The van der Waals surface area contributed by atoms with Crippen LogP contribution < -0.4 is 5.32 Å². The Morgan fingerprint density at radius 2 is 1.71 bits per heavy atom. The molecule has 5 nitrogen and oxygen atoms in total. The monoisotopic (exact) mass is 346 g/mol. The van der Waals surface area contributed by atoms with Crippen LogP contribution in [-0.2, 0) is 21.4 Å². The largest absolute Gasteiger partial charge is 0.351 e. The normalized spacial score (nSPS) is 11.5. The van der Waals surface area contributed by atoms with Gasteiger partial charge in [-0.3, -0.25) is 4.79 Å². The van der Waals surface area contributed by atoms with E-state index in [0.717, 1.165) is 21.0 Å². The molecule has 0 aliphatic heterocycles. The predicted octanol–water partition coefficient (Wildman–Crippen LogP) is 2.24. The zero-order valence-corrected chi connectivity index (χ0v) is 14.9. The fraction of sp³-hybridized carbons (Fsp3) is 0.278. The Balaban J connectivity index is 1.96. The molecule has 0 aliphatic rings. The molecule has 0 atom stereocenters. The third-order valence-corrected chi connectivity index (χ3v) is 5.49. The summed E-state index contributed by atoms with van der Waals surface area (Å²) in [6.07, 6.45) is 0. The van der Waals surface area contributed by atoms with Gasteiger partial charge in [0.1, 0.15) is 0 Å². The Morgan fingerprint density at radius 3 is 2.33 bits per heavy atom. The number of carbonyl (C=O) groups excluding carboxylic acids is 1. The number of carbonyl (C=O) groups is 1. The van der Waals surface area contributed by atoms with Crippen molar-refractivity contribution in [1.29, 1.82) is 0 Å². The van der Waals surface area contributed by atoms with Gasteiger partial charge in [0.2, 0.25) is 15.9 Å². The SMILES string of the molecule is Cc1ccc(S(=O)(=O)N(C)CC(=O)NCc2cccc(C)c2)cc1. The van der Waals surface area contributed by atoms with Gasteiger partial charge in [-0.25, -0.2) is 8.42 Å². The van der Waals surface area contributed by atoms with Crippen molar-refractivity contribution in [2.45, 2.75) is 25.3 Å². The Morgan fingerprint density at radius 1 is 1.04 bits per heavy atom. The Bertz CT molecular complexity index is 814. The van der Waals surface area contributed by atoms with Crippen LogP contribution in [0.25, 0.3) is 0 Å². The minimum Gasteiger partial charge on any atom is -0.351 e. The van der Waals surface area contributed by atoms with E-state index in [2.05, 4.69) is 5.32 Å². The number of hydrogen-bond acceptors (Lipinski definition) is 3. The van der Waals surface area contributed by atoms with E-state index in [4.69, 9.17) is 0 Å². The number of rotatable bonds is 6. The maximum atomic E-state index is 12.4. The van der Waals surface area contributed by atoms with Gasteiger partial charge in [-0.05, 0) is 31.5 Å². The Kier molecular flexibility index (Phi) is 5.75. The highest BCUT2D eigenvalue weighted by Gasteiger charge is 2.22. The molecule has 1 N–H and O–H groups in total. The molecule has 2 aromatic rings. The van der Waals surface area contributed by atoms with Crippen LogP contribution in [0.5, 0.6) is 0 Å². The van der Waals surface area contributed by atoms with Gasteiger partial charge >= 0.3 is 0 Å². The van der Waals surface area contributed by atoms with E-state index in [9.17, 15) is 13.2 Å². The number of amides is 1. The zero-order chi connectivity index (χ0) is 17.7. The highest BCUT2D eigenvalue weighted by atomic mass is 32.2. The molecule has 24 heavy (non-hydrogen) atoms. The number of nitrogens with zero attached hydrogens (tertiary/aromatic N) is 1. The molecule has 0 fully saturated rings. The minimum atomic E-state index is -3.67. The van der Waals surface area contributed by atoms with Crippen molar-refractivity contribution in [2.24, 2.45) is 0 Å². The molecular weight excluding hydrogens is 324 g/mol. The molecule has 6 heteroatoms. The lowest BCUT2D eigenvalue weighted by molar-refractivity contribution is -0.121. The van der Waals surface area contributed by atoms with Crippen LogP contribution in [0.4, 0.5) is 0 Å². The topological polar surface area (TPSA) is 66.5 Å². The molecule has 0 heterocycles. The van der Waals surface area contributed by atoms with Crippen LogP contribution in [0.3, 0.4) is 0 Å². The molecule has 1 amide bonds. The highest BCUT2D eigenvalue weighted by molar-refractivity contribution is 7.89. The minimum absolute atomic E-state index is 0.182. The van der Waals surface area contributed by atoms with Crippen molar-refractivity contribution in [1.82, 2.24) is 9.62 Å². The number of hydrogen-bond donors (Lipinski definition) is 1. The van der Waals surface area contributed by atoms with E-state index in [1.165, 1.54) is 7.05 Å². The molecule has 0 radical (unpaired) electrons. The molecule has 2 rings (SSSR count). The predicted molar refractivity (Wildman–Crippen MR) is 94.0 cm³/mol. The smallest absolute Gasteiger partial charge is 0.243 e. The van der Waals surface area contributed by atoms with Crippen molar-refractivity contribution in [3.8, 4) is 0 Å². The standard InChI is InChI=1S/C18H22N2O3S/c1-14-7-9-17(10-8-14)24(22,23)20(3)13-18(21)19-12-16-6-4-5-15(2)11-16/h4-11H,12-13H2,1-3H3,(H,19,21). The number of sulfonamides is 1. The fourth-order valence-corrected chi connectivity index (χ4v) is 3.38. The molecule has 0 bridgehead atoms. The fourth-order valence-electron chi connectivity index (χ4n) is 2.26. The van der Waals surface area contributed by atoms with Crippen LogP contribution >= 0.6 is 0 Å². The van der Waals surface area contributed by atoms with Gasteiger partial charge in [0.05, 0.1) is 11.4 Å². The summed E-state index contributed by atoms with van der Waals surface area (Å²) >= 11 is 0.